The third-order valence-electron chi connectivity index (χ3n) is 3.19. The summed E-state index contributed by atoms with van der Waals surface area (Å²) < 4.78 is 10.4. The number of rotatable bonds is 6. The molecular weight excluding hydrogens is 266 g/mol. The third-order valence-corrected chi connectivity index (χ3v) is 3.19. The summed E-state index contributed by atoms with van der Waals surface area (Å²) in [5.41, 5.74) is 0.897. The summed E-state index contributed by atoms with van der Waals surface area (Å²) in [6, 6.07) is 5.91. The number of carbonyl (C=O) groups excluding carboxylic acids is 1. The number of nitrogens with zero attached hydrogens (tertiary/aromatic N) is 1. The zero-order valence-corrected chi connectivity index (χ0v) is 13.7. The second-order valence-electron chi connectivity index (χ2n) is 5.38. The Bertz CT molecular complexity index is 499. The molecule has 0 N–H and O–H groups in total. The Morgan fingerprint density at radius 2 is 1.62 bits per heavy atom. The maximum absolute atomic E-state index is 12.3. The molecule has 0 aliphatic carbocycles. The highest BCUT2D eigenvalue weighted by atomic mass is 16.5. The zero-order chi connectivity index (χ0) is 16.0. The molecule has 0 radical (unpaired) electrons. The first kappa shape index (κ1) is 17.1. The lowest BCUT2D eigenvalue weighted by Gasteiger charge is -2.29. The molecule has 0 atom stereocenters. The average molecular weight is 291 g/mol. The van der Waals surface area contributed by atoms with Crippen molar-refractivity contribution in [1.82, 2.24) is 4.90 Å². The van der Waals surface area contributed by atoms with Crippen LogP contribution in [-0.2, 0) is 4.79 Å². The SMILES string of the molecule is COc1ccc(/C=C/C(=O)N(C(C)C)C(C)C)cc1OC. The molecule has 1 amide bonds. The fourth-order valence-electron chi connectivity index (χ4n) is 2.32. The van der Waals surface area contributed by atoms with Crippen LogP contribution in [0.4, 0.5) is 0 Å². The summed E-state index contributed by atoms with van der Waals surface area (Å²) in [6.45, 7) is 8.06. The molecule has 0 bridgehead atoms. The van der Waals surface area contributed by atoms with Crippen molar-refractivity contribution in [3.8, 4) is 11.5 Å². The molecule has 0 aliphatic heterocycles. The van der Waals surface area contributed by atoms with Gasteiger partial charge in [-0.05, 0) is 51.5 Å². The van der Waals surface area contributed by atoms with Crippen LogP contribution in [0.25, 0.3) is 6.08 Å². The number of benzene rings is 1. The summed E-state index contributed by atoms with van der Waals surface area (Å²) in [6.07, 6.45) is 3.39. The molecule has 0 aliphatic rings. The largest absolute Gasteiger partial charge is 0.493 e. The lowest BCUT2D eigenvalue weighted by Crippen LogP contribution is -2.41. The van der Waals surface area contributed by atoms with Crippen LogP contribution in [-0.4, -0.2) is 37.1 Å². The van der Waals surface area contributed by atoms with E-state index < -0.39 is 0 Å². The van der Waals surface area contributed by atoms with Crippen molar-refractivity contribution in [1.29, 1.82) is 0 Å². The van der Waals surface area contributed by atoms with Gasteiger partial charge in [0.2, 0.25) is 5.91 Å². The minimum Gasteiger partial charge on any atom is -0.493 e. The van der Waals surface area contributed by atoms with E-state index in [1.165, 1.54) is 0 Å². The van der Waals surface area contributed by atoms with E-state index in [1.54, 1.807) is 26.4 Å². The standard InChI is InChI=1S/C17H25NO3/c1-12(2)18(13(3)4)17(19)10-8-14-7-9-15(20-5)16(11-14)21-6/h7-13H,1-6H3/b10-8+. The van der Waals surface area contributed by atoms with Crippen LogP contribution in [0, 0.1) is 0 Å². The van der Waals surface area contributed by atoms with E-state index in [-0.39, 0.29) is 18.0 Å². The van der Waals surface area contributed by atoms with Crippen molar-refractivity contribution in [2.45, 2.75) is 39.8 Å². The van der Waals surface area contributed by atoms with E-state index in [0.717, 1.165) is 5.56 Å². The molecule has 0 unspecified atom stereocenters. The summed E-state index contributed by atoms with van der Waals surface area (Å²) in [7, 11) is 3.19. The number of methoxy groups -OCH3 is 2. The molecule has 116 valence electrons. The summed E-state index contributed by atoms with van der Waals surface area (Å²) in [4.78, 5) is 14.1. The Morgan fingerprint density at radius 3 is 2.10 bits per heavy atom. The molecule has 0 spiro atoms. The van der Waals surface area contributed by atoms with E-state index in [1.807, 2.05) is 50.8 Å². The van der Waals surface area contributed by atoms with Crippen LogP contribution in [0.15, 0.2) is 24.3 Å². The molecule has 4 heteroatoms. The molecule has 0 saturated heterocycles. The van der Waals surface area contributed by atoms with Crippen molar-refractivity contribution >= 4 is 12.0 Å². The highest BCUT2D eigenvalue weighted by Crippen LogP contribution is 2.28. The van der Waals surface area contributed by atoms with E-state index in [9.17, 15) is 4.79 Å². The summed E-state index contributed by atoms with van der Waals surface area (Å²) in [5.74, 6) is 1.33. The van der Waals surface area contributed by atoms with Crippen LogP contribution < -0.4 is 9.47 Å². The molecular formula is C17H25NO3. The van der Waals surface area contributed by atoms with Crippen LogP contribution in [0.5, 0.6) is 11.5 Å². The predicted molar refractivity (Wildman–Crippen MR) is 85.7 cm³/mol. The molecule has 21 heavy (non-hydrogen) atoms. The molecule has 0 fully saturated rings. The molecule has 1 aromatic rings. The molecule has 1 aromatic carbocycles. The maximum Gasteiger partial charge on any atom is 0.247 e. The van der Waals surface area contributed by atoms with Gasteiger partial charge in [-0.2, -0.15) is 0 Å². The Hall–Kier alpha value is -1.97. The fourth-order valence-corrected chi connectivity index (χ4v) is 2.32. The lowest BCUT2D eigenvalue weighted by molar-refractivity contribution is -0.129. The quantitative estimate of drug-likeness (QED) is 0.754. The normalized spacial score (nSPS) is 11.2. The van der Waals surface area contributed by atoms with Gasteiger partial charge >= 0.3 is 0 Å². The first-order valence-corrected chi connectivity index (χ1v) is 7.13. The lowest BCUT2D eigenvalue weighted by atomic mass is 10.1. The number of carbonyl (C=O) groups is 1. The highest BCUT2D eigenvalue weighted by Gasteiger charge is 2.17. The van der Waals surface area contributed by atoms with Crippen LogP contribution in [0.1, 0.15) is 33.3 Å². The van der Waals surface area contributed by atoms with Gasteiger partial charge in [0.25, 0.3) is 0 Å². The maximum atomic E-state index is 12.3. The second kappa shape index (κ2) is 7.72. The fraction of sp³-hybridized carbons (Fsp3) is 0.471. The molecule has 4 nitrogen and oxygen atoms in total. The van der Waals surface area contributed by atoms with E-state index in [4.69, 9.17) is 9.47 Å². The van der Waals surface area contributed by atoms with Gasteiger partial charge in [0.15, 0.2) is 11.5 Å². The van der Waals surface area contributed by atoms with Crippen molar-refractivity contribution in [2.24, 2.45) is 0 Å². The summed E-state index contributed by atoms with van der Waals surface area (Å²) in [5, 5.41) is 0. The predicted octanol–water partition coefficient (Wildman–Crippen LogP) is 3.36. The average Bonchev–Trinajstić information content (AvgIpc) is 2.43. The van der Waals surface area contributed by atoms with Gasteiger partial charge in [-0.3, -0.25) is 4.79 Å². The molecule has 0 saturated carbocycles. The molecule has 0 aromatic heterocycles. The molecule has 1 rings (SSSR count). The number of amides is 1. The highest BCUT2D eigenvalue weighted by molar-refractivity contribution is 5.92. The van der Waals surface area contributed by atoms with Gasteiger partial charge in [0.1, 0.15) is 0 Å². The topological polar surface area (TPSA) is 38.8 Å². The minimum atomic E-state index is 0.00906. The molecule has 0 heterocycles. The first-order valence-electron chi connectivity index (χ1n) is 7.13. The minimum absolute atomic E-state index is 0.00906. The van der Waals surface area contributed by atoms with E-state index in [0.29, 0.717) is 11.5 Å². The Balaban J connectivity index is 2.92. The third kappa shape index (κ3) is 4.52. The smallest absolute Gasteiger partial charge is 0.247 e. The van der Waals surface area contributed by atoms with Crippen molar-refractivity contribution in [3.63, 3.8) is 0 Å². The monoisotopic (exact) mass is 291 g/mol. The Labute approximate surface area is 127 Å². The number of hydrogen-bond acceptors (Lipinski definition) is 3. The van der Waals surface area contributed by atoms with Gasteiger partial charge in [0.05, 0.1) is 14.2 Å². The van der Waals surface area contributed by atoms with Gasteiger partial charge in [-0.25, -0.2) is 0 Å². The van der Waals surface area contributed by atoms with Gasteiger partial charge in [-0.15, -0.1) is 0 Å². The first-order chi connectivity index (χ1) is 9.90. The number of ether oxygens (including phenoxy) is 2. The van der Waals surface area contributed by atoms with Gasteiger partial charge < -0.3 is 14.4 Å². The number of hydrogen-bond donors (Lipinski definition) is 0. The van der Waals surface area contributed by atoms with Crippen molar-refractivity contribution in [2.75, 3.05) is 14.2 Å². The van der Waals surface area contributed by atoms with Gasteiger partial charge in [-0.1, -0.05) is 6.07 Å². The van der Waals surface area contributed by atoms with Crippen LogP contribution in [0.2, 0.25) is 0 Å². The second-order valence-corrected chi connectivity index (χ2v) is 5.38. The van der Waals surface area contributed by atoms with Crippen LogP contribution in [0.3, 0.4) is 0 Å². The van der Waals surface area contributed by atoms with Crippen molar-refractivity contribution in [3.05, 3.63) is 29.8 Å². The van der Waals surface area contributed by atoms with Gasteiger partial charge in [0, 0.05) is 18.2 Å². The Kier molecular flexibility index (Phi) is 6.28. The zero-order valence-electron chi connectivity index (χ0n) is 13.7. The Morgan fingerprint density at radius 1 is 1.05 bits per heavy atom. The van der Waals surface area contributed by atoms with E-state index >= 15 is 0 Å². The summed E-state index contributed by atoms with van der Waals surface area (Å²) >= 11 is 0. The van der Waals surface area contributed by atoms with E-state index in [2.05, 4.69) is 0 Å². The van der Waals surface area contributed by atoms with Crippen molar-refractivity contribution < 1.29 is 14.3 Å². The van der Waals surface area contributed by atoms with Crippen LogP contribution >= 0.6 is 0 Å².